The van der Waals surface area contributed by atoms with Gasteiger partial charge in [-0.2, -0.15) is 0 Å². The highest BCUT2D eigenvalue weighted by Gasteiger charge is 2.31. The lowest BCUT2D eigenvalue weighted by Gasteiger charge is -2.30. The molecule has 0 spiro atoms. The highest BCUT2D eigenvalue weighted by atomic mass is 16.6. The zero-order valence-corrected chi connectivity index (χ0v) is 15.7. The molecule has 1 aliphatic rings. The van der Waals surface area contributed by atoms with Crippen molar-refractivity contribution in [3.8, 4) is 11.1 Å². The van der Waals surface area contributed by atoms with Gasteiger partial charge in [-0.3, -0.25) is 0 Å². The predicted octanol–water partition coefficient (Wildman–Crippen LogP) is 4.42. The number of carbonyl (C=O) groups is 1. The number of hydrogen-bond donors (Lipinski definition) is 1. The number of amides is 1. The number of aliphatic hydroxyl groups is 1. The Balaban J connectivity index is 1.71. The van der Waals surface area contributed by atoms with Gasteiger partial charge in [0.1, 0.15) is 6.61 Å². The maximum atomic E-state index is 12.4. The van der Waals surface area contributed by atoms with Gasteiger partial charge < -0.3 is 14.7 Å². The Morgan fingerprint density at radius 2 is 1.54 bits per heavy atom. The Morgan fingerprint density at radius 3 is 2.04 bits per heavy atom. The largest absolute Gasteiger partial charge is 0.448 e. The summed E-state index contributed by atoms with van der Waals surface area (Å²) in [6.07, 6.45) is 0.807. The van der Waals surface area contributed by atoms with E-state index in [0.29, 0.717) is 19.4 Å². The number of benzene rings is 2. The number of likely N-dealkylation sites (N-methyl/N-ethyl adjacent to an activating group) is 1. The molecule has 1 amide bonds. The first-order chi connectivity index (χ1) is 12.5. The van der Waals surface area contributed by atoms with E-state index in [1.165, 1.54) is 27.2 Å². The Hall–Kier alpha value is -2.33. The summed E-state index contributed by atoms with van der Waals surface area (Å²) in [5, 5.41) is 10.4. The van der Waals surface area contributed by atoms with E-state index < -0.39 is 11.7 Å². The molecule has 138 valence electrons. The molecule has 4 heteroatoms. The molecule has 0 saturated heterocycles. The summed E-state index contributed by atoms with van der Waals surface area (Å²) in [6.45, 7) is 4.43. The van der Waals surface area contributed by atoms with Crippen LogP contribution in [0.15, 0.2) is 48.5 Å². The van der Waals surface area contributed by atoms with Gasteiger partial charge in [0.2, 0.25) is 0 Å². The third kappa shape index (κ3) is 3.47. The van der Waals surface area contributed by atoms with Gasteiger partial charge in [0.25, 0.3) is 0 Å². The summed E-state index contributed by atoms with van der Waals surface area (Å²) in [4.78, 5) is 13.9. The molecule has 2 aromatic carbocycles. The van der Waals surface area contributed by atoms with Gasteiger partial charge in [-0.1, -0.05) is 62.4 Å². The summed E-state index contributed by atoms with van der Waals surface area (Å²) < 4.78 is 5.61. The first-order valence-corrected chi connectivity index (χ1v) is 9.27. The van der Waals surface area contributed by atoms with Crippen LogP contribution in [0, 0.1) is 0 Å². The predicted molar refractivity (Wildman–Crippen MR) is 103 cm³/mol. The average molecular weight is 353 g/mol. The van der Waals surface area contributed by atoms with Crippen LogP contribution < -0.4 is 0 Å². The fourth-order valence-electron chi connectivity index (χ4n) is 3.68. The zero-order valence-electron chi connectivity index (χ0n) is 15.7. The summed E-state index contributed by atoms with van der Waals surface area (Å²) in [6, 6.07) is 16.6. The fraction of sp³-hybridized carbons (Fsp3) is 0.409. The van der Waals surface area contributed by atoms with Crippen molar-refractivity contribution < 1.29 is 14.6 Å². The Morgan fingerprint density at radius 1 is 1.04 bits per heavy atom. The van der Waals surface area contributed by atoms with Gasteiger partial charge >= 0.3 is 6.09 Å². The van der Waals surface area contributed by atoms with Crippen LogP contribution in [0.25, 0.3) is 11.1 Å². The highest BCUT2D eigenvalue weighted by molar-refractivity contribution is 5.79. The molecule has 4 nitrogen and oxygen atoms in total. The maximum Gasteiger partial charge on any atom is 0.409 e. The fourth-order valence-corrected chi connectivity index (χ4v) is 3.68. The quantitative estimate of drug-likeness (QED) is 0.836. The van der Waals surface area contributed by atoms with Crippen molar-refractivity contribution in [3.05, 3.63) is 59.7 Å². The number of nitrogens with zero attached hydrogens (tertiary/aromatic N) is 1. The topological polar surface area (TPSA) is 49.8 Å². The molecule has 2 aromatic rings. The molecule has 0 aliphatic heterocycles. The van der Waals surface area contributed by atoms with E-state index in [2.05, 4.69) is 24.3 Å². The number of hydrogen-bond acceptors (Lipinski definition) is 3. The first kappa shape index (κ1) is 18.5. The van der Waals surface area contributed by atoms with E-state index in [0.717, 1.165) is 0 Å². The van der Waals surface area contributed by atoms with E-state index in [1.54, 1.807) is 7.05 Å². The molecular formula is C22H27NO3. The third-order valence-electron chi connectivity index (χ3n) is 5.50. The van der Waals surface area contributed by atoms with Crippen molar-refractivity contribution in [2.75, 3.05) is 20.2 Å². The third-order valence-corrected chi connectivity index (χ3v) is 5.50. The second-order valence-corrected chi connectivity index (χ2v) is 7.09. The Bertz CT molecular complexity index is 737. The van der Waals surface area contributed by atoms with E-state index in [-0.39, 0.29) is 12.5 Å². The van der Waals surface area contributed by atoms with Gasteiger partial charge in [-0.15, -0.1) is 0 Å². The van der Waals surface area contributed by atoms with Crippen LogP contribution in [0.5, 0.6) is 0 Å². The normalized spacial score (nSPS) is 13.2. The molecule has 0 heterocycles. The van der Waals surface area contributed by atoms with Crippen molar-refractivity contribution in [2.45, 2.75) is 38.2 Å². The molecule has 1 aliphatic carbocycles. The number of ether oxygens (including phenoxy) is 1. The van der Waals surface area contributed by atoms with Gasteiger partial charge in [-0.05, 0) is 35.1 Å². The minimum absolute atomic E-state index is 0.0518. The second kappa shape index (κ2) is 7.50. The lowest BCUT2D eigenvalue weighted by atomic mass is 9.97. The van der Waals surface area contributed by atoms with Crippen molar-refractivity contribution >= 4 is 6.09 Å². The molecule has 0 radical (unpaired) electrons. The van der Waals surface area contributed by atoms with Crippen LogP contribution >= 0.6 is 0 Å². The van der Waals surface area contributed by atoms with E-state index in [9.17, 15) is 9.90 Å². The SMILES string of the molecule is CCC(O)(CC)CN(C)C(=O)OCC1c2ccccc2-c2ccccc21. The standard InChI is InChI=1S/C22H27NO3/c1-4-22(25,5-2)15-23(3)21(24)26-14-20-18-12-8-6-10-16(18)17-11-7-9-13-19(17)20/h6-13,20,25H,4-5,14-15H2,1-3H3. The number of rotatable bonds is 6. The van der Waals surface area contributed by atoms with Gasteiger partial charge in [-0.25, -0.2) is 4.79 Å². The van der Waals surface area contributed by atoms with Crippen molar-refractivity contribution in [2.24, 2.45) is 0 Å². The molecule has 0 atom stereocenters. The second-order valence-electron chi connectivity index (χ2n) is 7.09. The maximum absolute atomic E-state index is 12.4. The number of fused-ring (bicyclic) bond motifs is 3. The van der Waals surface area contributed by atoms with Crippen LogP contribution in [0.1, 0.15) is 43.7 Å². The molecule has 0 saturated carbocycles. The lowest BCUT2D eigenvalue weighted by Crippen LogP contribution is -2.43. The van der Waals surface area contributed by atoms with Crippen LogP contribution in [-0.4, -0.2) is 41.9 Å². The zero-order chi connectivity index (χ0) is 18.7. The average Bonchev–Trinajstić information content (AvgIpc) is 3.00. The first-order valence-electron chi connectivity index (χ1n) is 9.27. The molecule has 1 N–H and O–H groups in total. The minimum Gasteiger partial charge on any atom is -0.448 e. The molecule has 26 heavy (non-hydrogen) atoms. The summed E-state index contributed by atoms with van der Waals surface area (Å²) in [5.41, 5.74) is 3.96. The van der Waals surface area contributed by atoms with Gasteiger partial charge in [0, 0.05) is 13.0 Å². The van der Waals surface area contributed by atoms with Crippen LogP contribution in [0.2, 0.25) is 0 Å². The molecule has 0 bridgehead atoms. The Labute approximate surface area is 155 Å². The monoisotopic (exact) mass is 353 g/mol. The van der Waals surface area contributed by atoms with Crippen LogP contribution in [-0.2, 0) is 4.74 Å². The van der Waals surface area contributed by atoms with E-state index in [4.69, 9.17) is 4.74 Å². The molecule has 0 aromatic heterocycles. The Kier molecular flexibility index (Phi) is 5.33. The van der Waals surface area contributed by atoms with Crippen molar-refractivity contribution in [1.29, 1.82) is 0 Å². The van der Waals surface area contributed by atoms with Crippen molar-refractivity contribution in [1.82, 2.24) is 4.90 Å². The lowest BCUT2D eigenvalue weighted by molar-refractivity contribution is 0.000799. The molecule has 0 unspecified atom stereocenters. The smallest absolute Gasteiger partial charge is 0.409 e. The van der Waals surface area contributed by atoms with Gasteiger partial charge in [0.15, 0.2) is 0 Å². The molecule has 3 rings (SSSR count). The molecular weight excluding hydrogens is 326 g/mol. The summed E-state index contributed by atoms with van der Waals surface area (Å²) in [7, 11) is 1.68. The summed E-state index contributed by atoms with van der Waals surface area (Å²) >= 11 is 0. The van der Waals surface area contributed by atoms with Crippen LogP contribution in [0.3, 0.4) is 0 Å². The van der Waals surface area contributed by atoms with E-state index >= 15 is 0 Å². The van der Waals surface area contributed by atoms with Crippen molar-refractivity contribution in [3.63, 3.8) is 0 Å². The van der Waals surface area contributed by atoms with Crippen LogP contribution in [0.4, 0.5) is 4.79 Å². The minimum atomic E-state index is -0.861. The van der Waals surface area contributed by atoms with Gasteiger partial charge in [0.05, 0.1) is 12.1 Å². The molecule has 0 fully saturated rings. The summed E-state index contributed by atoms with van der Waals surface area (Å²) in [5.74, 6) is 0.0518. The van der Waals surface area contributed by atoms with E-state index in [1.807, 2.05) is 38.1 Å². The number of carbonyl (C=O) groups excluding carboxylic acids is 1. The highest BCUT2D eigenvalue weighted by Crippen LogP contribution is 2.44.